The zero-order chi connectivity index (χ0) is 19.5. The van der Waals surface area contributed by atoms with E-state index in [1.807, 2.05) is 30.0 Å². The highest BCUT2D eigenvalue weighted by molar-refractivity contribution is 7.15. The number of ether oxygens (including phenoxy) is 1. The van der Waals surface area contributed by atoms with Gasteiger partial charge >= 0.3 is 0 Å². The van der Waals surface area contributed by atoms with Gasteiger partial charge in [0.15, 0.2) is 5.13 Å². The Morgan fingerprint density at radius 1 is 1.25 bits per heavy atom. The van der Waals surface area contributed by atoms with Crippen LogP contribution < -0.4 is 4.90 Å². The van der Waals surface area contributed by atoms with Crippen molar-refractivity contribution in [2.45, 2.75) is 19.8 Å². The molecule has 0 atom stereocenters. The average molecular weight is 400 g/mol. The molecule has 0 radical (unpaired) electrons. The summed E-state index contributed by atoms with van der Waals surface area (Å²) >= 11 is 1.62. The summed E-state index contributed by atoms with van der Waals surface area (Å²) in [4.78, 5) is 22.8. The molecule has 1 amide bonds. The Bertz CT molecular complexity index is 887. The molecule has 1 aromatic carbocycles. The first-order valence-electron chi connectivity index (χ1n) is 9.66. The summed E-state index contributed by atoms with van der Waals surface area (Å²) in [6.07, 6.45) is 3.30. The number of rotatable bonds is 4. The van der Waals surface area contributed by atoms with Crippen molar-refractivity contribution in [3.63, 3.8) is 0 Å². The first kappa shape index (κ1) is 19.0. The van der Waals surface area contributed by atoms with E-state index in [1.54, 1.807) is 17.4 Å². The predicted octanol–water partition coefficient (Wildman–Crippen LogP) is 2.85. The van der Waals surface area contributed by atoms with Crippen LogP contribution in [0.2, 0.25) is 0 Å². The zero-order valence-electron chi connectivity index (χ0n) is 16.1. The molecule has 1 fully saturated rings. The number of nitrogens with zero attached hydrogens (tertiary/aromatic N) is 3. The van der Waals surface area contributed by atoms with Crippen LogP contribution in [0, 0.1) is 6.92 Å². The number of aryl methyl sites for hydroxylation is 1. The summed E-state index contributed by atoms with van der Waals surface area (Å²) < 4.78 is 5.41. The van der Waals surface area contributed by atoms with Crippen LogP contribution >= 0.6 is 11.3 Å². The van der Waals surface area contributed by atoms with Gasteiger partial charge in [-0.3, -0.25) is 4.79 Å². The second-order valence-corrected chi connectivity index (χ2v) is 8.19. The minimum Gasteiger partial charge on any atom is -0.507 e. The molecule has 0 unspecified atom stereocenters. The second kappa shape index (κ2) is 8.32. The normalized spacial score (nSPS) is 17.5. The van der Waals surface area contributed by atoms with E-state index in [4.69, 9.17) is 4.74 Å². The molecule has 0 bridgehead atoms. The van der Waals surface area contributed by atoms with Gasteiger partial charge < -0.3 is 19.6 Å². The van der Waals surface area contributed by atoms with Gasteiger partial charge in [-0.25, -0.2) is 4.98 Å². The maximum atomic E-state index is 12.9. The van der Waals surface area contributed by atoms with Crippen molar-refractivity contribution >= 4 is 27.9 Å². The molecule has 6 nitrogen and oxygen atoms in total. The summed E-state index contributed by atoms with van der Waals surface area (Å²) in [5.41, 5.74) is 2.75. The highest BCUT2D eigenvalue weighted by atomic mass is 32.1. The Morgan fingerprint density at radius 3 is 2.82 bits per heavy atom. The van der Waals surface area contributed by atoms with Gasteiger partial charge in [-0.2, -0.15) is 0 Å². The van der Waals surface area contributed by atoms with Crippen molar-refractivity contribution in [3.05, 3.63) is 46.5 Å². The van der Waals surface area contributed by atoms with Gasteiger partial charge in [-0.15, -0.1) is 11.3 Å². The standard InChI is InChI=1S/C21H25N3O3S/c1-15-19(28-21(22-15)23-9-11-27-12-10-23)13-20(26)24-8-4-5-16(14-24)17-6-2-3-7-18(17)25/h2-3,5-7,25H,4,8-14H2,1H3. The molecule has 2 aliphatic rings. The number of phenols is 1. The molecule has 28 heavy (non-hydrogen) atoms. The Morgan fingerprint density at radius 2 is 2.04 bits per heavy atom. The molecule has 0 aliphatic carbocycles. The third kappa shape index (κ3) is 4.05. The summed E-state index contributed by atoms with van der Waals surface area (Å²) in [6.45, 7) is 6.37. The number of hydrogen-bond acceptors (Lipinski definition) is 6. The largest absolute Gasteiger partial charge is 0.507 e. The van der Waals surface area contributed by atoms with Crippen LogP contribution in [0.3, 0.4) is 0 Å². The van der Waals surface area contributed by atoms with Crippen LogP contribution in [0.1, 0.15) is 22.6 Å². The van der Waals surface area contributed by atoms with E-state index in [1.165, 1.54) is 0 Å². The lowest BCUT2D eigenvalue weighted by molar-refractivity contribution is -0.129. The maximum Gasteiger partial charge on any atom is 0.228 e. The Kier molecular flexibility index (Phi) is 5.64. The molecule has 0 saturated carbocycles. The molecule has 2 aromatic rings. The van der Waals surface area contributed by atoms with Gasteiger partial charge in [0.05, 0.1) is 25.3 Å². The van der Waals surface area contributed by atoms with E-state index in [0.29, 0.717) is 19.5 Å². The highest BCUT2D eigenvalue weighted by Gasteiger charge is 2.23. The van der Waals surface area contributed by atoms with E-state index < -0.39 is 0 Å². The topological polar surface area (TPSA) is 65.9 Å². The van der Waals surface area contributed by atoms with E-state index in [0.717, 1.165) is 59.6 Å². The smallest absolute Gasteiger partial charge is 0.228 e. The second-order valence-electron chi connectivity index (χ2n) is 7.13. The third-order valence-electron chi connectivity index (χ3n) is 5.23. The zero-order valence-corrected chi connectivity index (χ0v) is 16.9. The molecular weight excluding hydrogens is 374 g/mol. The first-order chi connectivity index (χ1) is 13.6. The highest BCUT2D eigenvalue weighted by Crippen LogP contribution is 2.30. The maximum absolute atomic E-state index is 12.9. The fraction of sp³-hybridized carbons (Fsp3) is 0.429. The third-order valence-corrected chi connectivity index (χ3v) is 6.45. The minimum atomic E-state index is 0.112. The molecule has 2 aliphatic heterocycles. The van der Waals surface area contributed by atoms with Gasteiger partial charge in [0.1, 0.15) is 5.75 Å². The lowest BCUT2D eigenvalue weighted by Crippen LogP contribution is -2.36. The van der Waals surface area contributed by atoms with Gasteiger partial charge in [0, 0.05) is 36.6 Å². The Balaban J connectivity index is 1.43. The van der Waals surface area contributed by atoms with Crippen LogP contribution in [0.25, 0.3) is 5.57 Å². The van der Waals surface area contributed by atoms with Crippen molar-refractivity contribution in [2.24, 2.45) is 0 Å². The summed E-state index contributed by atoms with van der Waals surface area (Å²) in [5, 5.41) is 11.1. The van der Waals surface area contributed by atoms with Crippen molar-refractivity contribution in [2.75, 3.05) is 44.3 Å². The number of para-hydroxylation sites is 1. The molecule has 3 heterocycles. The first-order valence-corrected chi connectivity index (χ1v) is 10.5. The number of amides is 1. The summed E-state index contributed by atoms with van der Waals surface area (Å²) in [5.74, 6) is 0.373. The van der Waals surface area contributed by atoms with Crippen molar-refractivity contribution < 1.29 is 14.6 Å². The number of carbonyl (C=O) groups is 1. The average Bonchev–Trinajstić information content (AvgIpc) is 3.09. The van der Waals surface area contributed by atoms with E-state index in [-0.39, 0.29) is 11.7 Å². The SMILES string of the molecule is Cc1nc(N2CCOCC2)sc1CC(=O)N1CCC=C(c2ccccc2O)C1. The minimum absolute atomic E-state index is 0.112. The molecule has 1 saturated heterocycles. The van der Waals surface area contributed by atoms with Crippen LogP contribution in [0.4, 0.5) is 5.13 Å². The van der Waals surface area contributed by atoms with Gasteiger partial charge in [-0.1, -0.05) is 24.3 Å². The monoisotopic (exact) mass is 399 g/mol. The van der Waals surface area contributed by atoms with Crippen molar-refractivity contribution in [1.82, 2.24) is 9.88 Å². The van der Waals surface area contributed by atoms with Gasteiger partial charge in [0.2, 0.25) is 5.91 Å². The molecular formula is C21H25N3O3S. The quantitative estimate of drug-likeness (QED) is 0.856. The van der Waals surface area contributed by atoms with Gasteiger partial charge in [-0.05, 0) is 25.0 Å². The molecule has 4 rings (SSSR count). The lowest BCUT2D eigenvalue weighted by Gasteiger charge is -2.28. The molecule has 0 spiro atoms. The molecule has 1 N–H and O–H groups in total. The number of benzene rings is 1. The molecule has 1 aromatic heterocycles. The van der Waals surface area contributed by atoms with Gasteiger partial charge in [0.25, 0.3) is 0 Å². The predicted molar refractivity (Wildman–Crippen MR) is 111 cm³/mol. The number of aromatic nitrogens is 1. The van der Waals surface area contributed by atoms with Crippen LogP contribution in [0.15, 0.2) is 30.3 Å². The number of carbonyl (C=O) groups excluding carboxylic acids is 1. The van der Waals surface area contributed by atoms with E-state index in [2.05, 4.69) is 16.0 Å². The Hall–Kier alpha value is -2.38. The molecule has 7 heteroatoms. The molecule has 148 valence electrons. The lowest BCUT2D eigenvalue weighted by atomic mass is 10.00. The van der Waals surface area contributed by atoms with E-state index >= 15 is 0 Å². The van der Waals surface area contributed by atoms with Crippen LogP contribution in [-0.2, 0) is 16.0 Å². The number of aromatic hydroxyl groups is 1. The van der Waals surface area contributed by atoms with E-state index in [9.17, 15) is 9.90 Å². The van der Waals surface area contributed by atoms with Crippen molar-refractivity contribution in [1.29, 1.82) is 0 Å². The van der Waals surface area contributed by atoms with Crippen LogP contribution in [-0.4, -0.2) is 60.3 Å². The fourth-order valence-corrected chi connectivity index (χ4v) is 4.72. The van der Waals surface area contributed by atoms with Crippen LogP contribution in [0.5, 0.6) is 5.75 Å². The van der Waals surface area contributed by atoms with Crippen molar-refractivity contribution in [3.8, 4) is 5.75 Å². The number of anilines is 1. The number of morpholine rings is 1. The Labute approximate surface area is 169 Å². The fourth-order valence-electron chi connectivity index (χ4n) is 3.61. The number of hydrogen-bond donors (Lipinski definition) is 1. The number of thiazole rings is 1. The summed E-state index contributed by atoms with van der Waals surface area (Å²) in [6, 6.07) is 7.30. The summed E-state index contributed by atoms with van der Waals surface area (Å²) in [7, 11) is 0. The number of phenolic OH excluding ortho intramolecular Hbond substituents is 1.